The van der Waals surface area contributed by atoms with Crippen molar-refractivity contribution in [3.8, 4) is 0 Å². The van der Waals surface area contributed by atoms with Crippen molar-refractivity contribution in [2.75, 3.05) is 6.54 Å². The maximum atomic E-state index is 14.3. The maximum Gasteiger partial charge on any atom is 0.330 e. The number of esters is 1. The lowest BCUT2D eigenvalue weighted by Crippen LogP contribution is -2.58. The SMILES string of the molecule is CCC[C@H](NC(=O)[C@H]1C[C@@H](OCc2ccccc2)CN1C(=O)[C@@H](NC(=O)[C@@H](OC(=O)[C@@H](CC(=O)O)NC(=O)[C@H](CC(=O)O)NC(C)=O)[C@H](C)CC)C(C)C)C(=O)O. The van der Waals surface area contributed by atoms with Gasteiger partial charge in [0.2, 0.25) is 23.6 Å². The average molecular weight is 806 g/mol. The summed E-state index contributed by atoms with van der Waals surface area (Å²) in [5, 5.41) is 37.7. The summed E-state index contributed by atoms with van der Waals surface area (Å²) >= 11 is 0. The molecule has 0 bridgehead atoms. The molecule has 57 heavy (non-hydrogen) atoms. The first-order chi connectivity index (χ1) is 26.8. The lowest BCUT2D eigenvalue weighted by atomic mass is 9.98. The molecule has 1 aliphatic rings. The van der Waals surface area contributed by atoms with E-state index in [2.05, 4.69) is 21.3 Å². The van der Waals surface area contributed by atoms with Gasteiger partial charge in [0.25, 0.3) is 5.91 Å². The van der Waals surface area contributed by atoms with Gasteiger partial charge in [0.1, 0.15) is 30.2 Å². The van der Waals surface area contributed by atoms with Crippen molar-refractivity contribution in [3.63, 3.8) is 0 Å². The highest BCUT2D eigenvalue weighted by atomic mass is 16.6. The molecular formula is C38H55N5O14. The van der Waals surface area contributed by atoms with Crippen LogP contribution in [0.1, 0.15) is 85.6 Å². The zero-order valence-electron chi connectivity index (χ0n) is 33.0. The Morgan fingerprint density at radius 1 is 0.807 bits per heavy atom. The van der Waals surface area contributed by atoms with Crippen LogP contribution in [-0.2, 0) is 59.2 Å². The summed E-state index contributed by atoms with van der Waals surface area (Å²) in [6.07, 6.45) is -3.30. The normalized spacial score (nSPS) is 18.2. The van der Waals surface area contributed by atoms with Crippen LogP contribution in [0.2, 0.25) is 0 Å². The van der Waals surface area contributed by atoms with Crippen LogP contribution in [0.5, 0.6) is 0 Å². The van der Waals surface area contributed by atoms with Crippen LogP contribution < -0.4 is 21.3 Å². The average Bonchev–Trinajstić information content (AvgIpc) is 3.58. The van der Waals surface area contributed by atoms with E-state index in [-0.39, 0.29) is 32.4 Å². The van der Waals surface area contributed by atoms with Crippen molar-refractivity contribution in [2.24, 2.45) is 11.8 Å². The van der Waals surface area contributed by atoms with Crippen LogP contribution >= 0.6 is 0 Å². The summed E-state index contributed by atoms with van der Waals surface area (Å²) in [6, 6.07) is 1.91. The lowest BCUT2D eigenvalue weighted by molar-refractivity contribution is -0.164. The molecule has 0 aliphatic carbocycles. The molecule has 5 amide bonds. The fourth-order valence-corrected chi connectivity index (χ4v) is 6.06. The second-order valence-electron chi connectivity index (χ2n) is 14.3. The topological polar surface area (TPSA) is 284 Å². The van der Waals surface area contributed by atoms with Crippen molar-refractivity contribution < 1.29 is 67.9 Å². The standard InChI is InChI=1S/C38H55N5O14/c1-7-12-25(37(53)54)40-34(50)28-15-24(56-19-23-13-10-9-11-14-23)18-43(28)36(52)31(20(3)4)42-35(51)32(21(5)8-2)57-38(55)27(17-30(47)48)41-33(49)26(16-29(45)46)39-22(6)44/h9-11,13-14,20-21,24-28,31-32H,7-8,12,15-19H2,1-6H3,(H,39,44)(H,40,50)(H,41,49)(H,42,51)(H,45,46)(H,47,48)(H,53,54)/t21-,24-,25+,26+,27-,28-,31+,32+/m1/s1. The first-order valence-corrected chi connectivity index (χ1v) is 18.8. The number of benzene rings is 1. The number of aliphatic carboxylic acids is 3. The molecule has 1 aromatic rings. The predicted octanol–water partition coefficient (Wildman–Crippen LogP) is 0.580. The molecule has 0 spiro atoms. The van der Waals surface area contributed by atoms with Gasteiger partial charge in [0.05, 0.1) is 25.6 Å². The summed E-state index contributed by atoms with van der Waals surface area (Å²) in [5.41, 5.74) is 0.841. The lowest BCUT2D eigenvalue weighted by Gasteiger charge is -2.32. The van der Waals surface area contributed by atoms with Gasteiger partial charge < -0.3 is 51.0 Å². The van der Waals surface area contributed by atoms with Gasteiger partial charge >= 0.3 is 23.9 Å². The highest BCUT2D eigenvalue weighted by Crippen LogP contribution is 2.25. The molecule has 8 atom stereocenters. The molecule has 7 N–H and O–H groups in total. The molecule has 19 heteroatoms. The number of amides is 5. The molecule has 316 valence electrons. The minimum Gasteiger partial charge on any atom is -0.481 e. The maximum absolute atomic E-state index is 14.3. The number of likely N-dealkylation sites (tertiary alicyclic amines) is 1. The van der Waals surface area contributed by atoms with E-state index in [1.54, 1.807) is 34.6 Å². The molecule has 19 nitrogen and oxygen atoms in total. The van der Waals surface area contributed by atoms with Gasteiger partial charge in [-0.2, -0.15) is 0 Å². The summed E-state index contributed by atoms with van der Waals surface area (Å²) in [6.45, 7) is 9.36. The third-order valence-electron chi connectivity index (χ3n) is 9.31. The summed E-state index contributed by atoms with van der Waals surface area (Å²) in [5.74, 6) is -11.3. The molecule has 1 heterocycles. The highest BCUT2D eigenvalue weighted by molar-refractivity contribution is 5.96. The Kier molecular flexibility index (Phi) is 19.1. The van der Waals surface area contributed by atoms with Crippen LogP contribution in [-0.4, -0.2) is 123 Å². The molecule has 1 aromatic carbocycles. The number of nitrogens with one attached hydrogen (secondary N) is 4. The van der Waals surface area contributed by atoms with E-state index >= 15 is 0 Å². The van der Waals surface area contributed by atoms with E-state index in [9.17, 15) is 58.5 Å². The van der Waals surface area contributed by atoms with E-state index in [0.717, 1.165) is 12.5 Å². The van der Waals surface area contributed by atoms with Gasteiger partial charge in [-0.05, 0) is 24.3 Å². The van der Waals surface area contributed by atoms with Gasteiger partial charge in [0, 0.05) is 25.8 Å². The van der Waals surface area contributed by atoms with Crippen molar-refractivity contribution in [2.45, 2.75) is 129 Å². The summed E-state index contributed by atoms with van der Waals surface area (Å²) < 4.78 is 11.6. The number of carboxylic acids is 3. The molecule has 1 fully saturated rings. The van der Waals surface area contributed by atoms with Gasteiger partial charge in [-0.15, -0.1) is 0 Å². The fourth-order valence-electron chi connectivity index (χ4n) is 6.06. The van der Waals surface area contributed by atoms with Crippen LogP contribution in [0.25, 0.3) is 0 Å². The molecule has 0 unspecified atom stereocenters. The van der Waals surface area contributed by atoms with E-state index in [0.29, 0.717) is 6.42 Å². The smallest absolute Gasteiger partial charge is 0.330 e. The predicted molar refractivity (Wildman–Crippen MR) is 200 cm³/mol. The van der Waals surface area contributed by atoms with E-state index < -0.39 is 121 Å². The number of nitrogens with zero attached hydrogens (tertiary/aromatic N) is 1. The molecule has 2 rings (SSSR count). The summed E-state index contributed by atoms with van der Waals surface area (Å²) in [4.78, 5) is 116. The van der Waals surface area contributed by atoms with Crippen LogP contribution in [0.15, 0.2) is 30.3 Å². The van der Waals surface area contributed by atoms with Gasteiger partial charge in [0.15, 0.2) is 6.10 Å². The Labute approximate surface area is 330 Å². The Balaban J connectivity index is 2.38. The minimum absolute atomic E-state index is 0.0285. The van der Waals surface area contributed by atoms with E-state index in [1.165, 1.54) is 4.90 Å². The number of carbonyl (C=O) groups is 9. The second kappa shape index (κ2) is 22.8. The number of ether oxygens (including phenoxy) is 2. The largest absolute Gasteiger partial charge is 0.481 e. The first-order valence-electron chi connectivity index (χ1n) is 18.8. The molecule has 0 radical (unpaired) electrons. The van der Waals surface area contributed by atoms with Crippen molar-refractivity contribution in [1.29, 1.82) is 0 Å². The van der Waals surface area contributed by atoms with Crippen LogP contribution in [0.3, 0.4) is 0 Å². The van der Waals surface area contributed by atoms with Crippen molar-refractivity contribution in [3.05, 3.63) is 35.9 Å². The third kappa shape index (κ3) is 15.1. The monoisotopic (exact) mass is 805 g/mol. The van der Waals surface area contributed by atoms with E-state index in [4.69, 9.17) is 9.47 Å². The van der Waals surface area contributed by atoms with Crippen LogP contribution in [0.4, 0.5) is 0 Å². The van der Waals surface area contributed by atoms with E-state index in [1.807, 2.05) is 30.3 Å². The second-order valence-corrected chi connectivity index (χ2v) is 14.3. The number of carbonyl (C=O) groups excluding carboxylic acids is 6. The Hall–Kier alpha value is -5.59. The minimum atomic E-state index is -1.92. The fraction of sp³-hybridized carbons (Fsp3) is 0.605. The Bertz CT molecular complexity index is 1590. The van der Waals surface area contributed by atoms with Gasteiger partial charge in [-0.1, -0.05) is 71.4 Å². The molecule has 1 saturated heterocycles. The van der Waals surface area contributed by atoms with Crippen molar-refractivity contribution >= 4 is 53.4 Å². The van der Waals surface area contributed by atoms with Gasteiger partial charge in [-0.3, -0.25) is 33.6 Å². The number of hydrogen-bond donors (Lipinski definition) is 7. The third-order valence-corrected chi connectivity index (χ3v) is 9.31. The quantitative estimate of drug-likeness (QED) is 0.0746. The zero-order valence-corrected chi connectivity index (χ0v) is 33.0. The zero-order chi connectivity index (χ0) is 43.0. The number of hydrogen-bond acceptors (Lipinski definition) is 11. The number of rotatable bonds is 23. The number of carboxylic acid groups (broad SMARTS) is 3. The first kappa shape index (κ1) is 47.6. The Morgan fingerprint density at radius 3 is 1.95 bits per heavy atom. The molecule has 0 saturated carbocycles. The van der Waals surface area contributed by atoms with Crippen LogP contribution in [0, 0.1) is 11.8 Å². The molecule has 1 aliphatic heterocycles. The molecule has 0 aromatic heterocycles. The highest BCUT2D eigenvalue weighted by Gasteiger charge is 2.45. The Morgan fingerprint density at radius 2 is 1.42 bits per heavy atom. The summed E-state index contributed by atoms with van der Waals surface area (Å²) in [7, 11) is 0. The van der Waals surface area contributed by atoms with Gasteiger partial charge in [-0.25, -0.2) is 9.59 Å². The molecular weight excluding hydrogens is 750 g/mol. The van der Waals surface area contributed by atoms with Crippen molar-refractivity contribution in [1.82, 2.24) is 26.2 Å².